The van der Waals surface area contributed by atoms with Gasteiger partial charge in [-0.1, -0.05) is 0 Å². The number of halogens is 1. The van der Waals surface area contributed by atoms with Crippen molar-refractivity contribution in [1.82, 2.24) is 0 Å². The van der Waals surface area contributed by atoms with Crippen molar-refractivity contribution >= 4 is 18.2 Å². The molecule has 0 aromatic carbocycles. The Balaban J connectivity index is 0. The third kappa shape index (κ3) is 10.7. The fraction of sp³-hybridized carbons (Fsp3) is 0.667. The normalized spacial score (nSPS) is 7.00. The molecule has 44 valence electrons. The van der Waals surface area contributed by atoms with Crippen LogP contribution in [-0.2, 0) is 0 Å². The maximum atomic E-state index is 6.59. The number of rotatable bonds is 2. The number of amidine groups is 1. The van der Waals surface area contributed by atoms with E-state index in [1.165, 1.54) is 0 Å². The van der Waals surface area contributed by atoms with Gasteiger partial charge in [-0.05, 0) is 6.54 Å². The van der Waals surface area contributed by atoms with Gasteiger partial charge in [0.25, 0.3) is 0 Å². The van der Waals surface area contributed by atoms with E-state index in [0.29, 0.717) is 13.0 Å². The Bertz CT molecular complexity index is 54.1. The molecule has 0 amide bonds. The fourth-order valence-electron chi connectivity index (χ4n) is 0.156. The standard InChI is InChI=1S/C3H9N3.ClH/c4-2-1-3(5)6;/h1-2,4H2,(H3,5,6);1H. The highest BCUT2D eigenvalue weighted by molar-refractivity contribution is 5.85. The topological polar surface area (TPSA) is 75.9 Å². The predicted molar refractivity (Wildman–Crippen MR) is 32.8 cm³/mol. The summed E-state index contributed by atoms with van der Waals surface area (Å²) in [5, 5.41) is 6.59. The zero-order valence-electron chi connectivity index (χ0n) is 3.98. The van der Waals surface area contributed by atoms with Crippen LogP contribution in [-0.4, -0.2) is 12.4 Å². The van der Waals surface area contributed by atoms with E-state index < -0.39 is 0 Å². The summed E-state index contributed by atoms with van der Waals surface area (Å²) in [6.07, 6.45) is 0.514. The van der Waals surface area contributed by atoms with Crippen LogP contribution in [0, 0.1) is 5.41 Å². The summed E-state index contributed by atoms with van der Waals surface area (Å²) in [5.41, 5.74) is 9.91. The van der Waals surface area contributed by atoms with Crippen molar-refractivity contribution in [2.24, 2.45) is 11.5 Å². The van der Waals surface area contributed by atoms with Crippen molar-refractivity contribution in [2.45, 2.75) is 6.42 Å². The molecule has 0 spiro atoms. The van der Waals surface area contributed by atoms with Crippen molar-refractivity contribution in [3.63, 3.8) is 0 Å². The zero-order chi connectivity index (χ0) is 4.99. The van der Waals surface area contributed by atoms with E-state index >= 15 is 0 Å². The Morgan fingerprint density at radius 1 is 1.57 bits per heavy atom. The number of nitrogens with two attached hydrogens (primary N) is 2. The van der Waals surface area contributed by atoms with Crippen molar-refractivity contribution in [3.8, 4) is 0 Å². The van der Waals surface area contributed by atoms with Crippen LogP contribution in [0.5, 0.6) is 0 Å². The molecule has 0 unspecified atom stereocenters. The van der Waals surface area contributed by atoms with Crippen LogP contribution in [0.2, 0.25) is 0 Å². The monoisotopic (exact) mass is 123 g/mol. The molecule has 0 aromatic heterocycles. The quantitative estimate of drug-likeness (QED) is 0.348. The maximum absolute atomic E-state index is 6.59. The molecule has 0 aromatic rings. The van der Waals surface area contributed by atoms with E-state index in [1.54, 1.807) is 0 Å². The Morgan fingerprint density at radius 3 is 2.00 bits per heavy atom. The van der Waals surface area contributed by atoms with Gasteiger partial charge in [-0.3, -0.25) is 5.41 Å². The van der Waals surface area contributed by atoms with Gasteiger partial charge in [-0.25, -0.2) is 0 Å². The van der Waals surface area contributed by atoms with Crippen LogP contribution in [0.4, 0.5) is 0 Å². The summed E-state index contributed by atoms with van der Waals surface area (Å²) in [6, 6.07) is 0. The first-order valence-corrected chi connectivity index (χ1v) is 1.80. The minimum absolute atomic E-state index is 0. The third-order valence-corrected chi connectivity index (χ3v) is 0.414. The van der Waals surface area contributed by atoms with Crippen LogP contribution in [0.15, 0.2) is 0 Å². The Labute approximate surface area is 49.0 Å². The predicted octanol–water partition coefficient (Wildman–Crippen LogP) is -0.307. The molecular formula is C3H10ClN3. The molecule has 7 heavy (non-hydrogen) atoms. The Hall–Kier alpha value is -0.280. The minimum atomic E-state index is 0. The lowest BCUT2D eigenvalue weighted by molar-refractivity contribution is 1.02. The Kier molecular flexibility index (Phi) is 8.06. The molecule has 0 saturated heterocycles. The minimum Gasteiger partial charge on any atom is -0.388 e. The molecule has 3 nitrogen and oxygen atoms in total. The van der Waals surface area contributed by atoms with Crippen LogP contribution >= 0.6 is 12.4 Å². The summed E-state index contributed by atoms with van der Waals surface area (Å²) in [4.78, 5) is 0. The summed E-state index contributed by atoms with van der Waals surface area (Å²) >= 11 is 0. The van der Waals surface area contributed by atoms with E-state index in [-0.39, 0.29) is 18.2 Å². The molecule has 0 saturated carbocycles. The average Bonchev–Trinajstić information content (AvgIpc) is 1.35. The molecule has 0 atom stereocenters. The second kappa shape index (κ2) is 5.72. The smallest absolute Gasteiger partial charge is 0.0918 e. The molecule has 0 aliphatic rings. The molecule has 0 bridgehead atoms. The number of hydrogen-bond donors (Lipinski definition) is 3. The highest BCUT2D eigenvalue weighted by atomic mass is 35.5. The van der Waals surface area contributed by atoms with E-state index in [9.17, 15) is 0 Å². The van der Waals surface area contributed by atoms with E-state index in [1.807, 2.05) is 0 Å². The summed E-state index contributed by atoms with van der Waals surface area (Å²) in [7, 11) is 0. The number of hydrogen-bond acceptors (Lipinski definition) is 2. The molecule has 0 rings (SSSR count). The van der Waals surface area contributed by atoms with Crippen LogP contribution in [0.1, 0.15) is 6.42 Å². The van der Waals surface area contributed by atoms with Crippen molar-refractivity contribution < 1.29 is 0 Å². The first-order chi connectivity index (χ1) is 2.77. The van der Waals surface area contributed by atoms with Crippen molar-refractivity contribution in [2.75, 3.05) is 6.54 Å². The van der Waals surface area contributed by atoms with E-state index in [0.717, 1.165) is 0 Å². The highest BCUT2D eigenvalue weighted by Crippen LogP contribution is 1.64. The molecule has 0 aliphatic heterocycles. The molecule has 0 heterocycles. The second-order valence-electron chi connectivity index (χ2n) is 1.06. The molecular weight excluding hydrogens is 114 g/mol. The Morgan fingerprint density at radius 2 is 2.00 bits per heavy atom. The molecule has 4 heteroatoms. The van der Waals surface area contributed by atoms with Gasteiger partial charge in [0.15, 0.2) is 0 Å². The van der Waals surface area contributed by atoms with Crippen molar-refractivity contribution in [3.05, 3.63) is 0 Å². The van der Waals surface area contributed by atoms with Crippen LogP contribution in [0.3, 0.4) is 0 Å². The van der Waals surface area contributed by atoms with Gasteiger partial charge < -0.3 is 11.5 Å². The second-order valence-corrected chi connectivity index (χ2v) is 1.06. The maximum Gasteiger partial charge on any atom is 0.0918 e. The lowest BCUT2D eigenvalue weighted by Crippen LogP contribution is -2.14. The molecule has 0 fully saturated rings. The third-order valence-electron chi connectivity index (χ3n) is 0.414. The largest absolute Gasteiger partial charge is 0.388 e. The zero-order valence-corrected chi connectivity index (χ0v) is 4.79. The SMILES string of the molecule is Cl.N=C(N)CCN. The van der Waals surface area contributed by atoms with Gasteiger partial charge in [-0.15, -0.1) is 12.4 Å². The van der Waals surface area contributed by atoms with Gasteiger partial charge in [0.2, 0.25) is 0 Å². The number of nitrogens with one attached hydrogen (secondary N) is 1. The van der Waals surface area contributed by atoms with Gasteiger partial charge in [0, 0.05) is 6.42 Å². The van der Waals surface area contributed by atoms with Gasteiger partial charge in [0.05, 0.1) is 5.84 Å². The van der Waals surface area contributed by atoms with Gasteiger partial charge in [-0.2, -0.15) is 0 Å². The molecule has 5 N–H and O–H groups in total. The fourth-order valence-corrected chi connectivity index (χ4v) is 0.156. The summed E-state index contributed by atoms with van der Waals surface area (Å²) in [5.74, 6) is 0.164. The molecule has 0 aliphatic carbocycles. The lowest BCUT2D eigenvalue weighted by Gasteiger charge is -1.86. The summed E-state index contributed by atoms with van der Waals surface area (Å²) < 4.78 is 0. The lowest BCUT2D eigenvalue weighted by atomic mass is 10.4. The van der Waals surface area contributed by atoms with Crippen molar-refractivity contribution in [1.29, 1.82) is 5.41 Å². The van der Waals surface area contributed by atoms with Crippen LogP contribution in [0.25, 0.3) is 0 Å². The van der Waals surface area contributed by atoms with Gasteiger partial charge in [0.1, 0.15) is 0 Å². The molecule has 0 radical (unpaired) electrons. The van der Waals surface area contributed by atoms with E-state index in [4.69, 9.17) is 16.9 Å². The van der Waals surface area contributed by atoms with Crippen LogP contribution < -0.4 is 11.5 Å². The average molecular weight is 124 g/mol. The first-order valence-electron chi connectivity index (χ1n) is 1.80. The highest BCUT2D eigenvalue weighted by Gasteiger charge is 1.79. The van der Waals surface area contributed by atoms with Gasteiger partial charge >= 0.3 is 0 Å². The van der Waals surface area contributed by atoms with E-state index in [2.05, 4.69) is 0 Å². The summed E-state index contributed by atoms with van der Waals surface area (Å²) in [6.45, 7) is 0.481. The first kappa shape index (κ1) is 9.87.